The normalized spacial score (nSPS) is 8.00. The third-order valence-electron chi connectivity index (χ3n) is 0.781. The van der Waals surface area contributed by atoms with Crippen molar-refractivity contribution in [3.8, 4) is 0 Å². The molecule has 0 aromatic carbocycles. The van der Waals surface area contributed by atoms with Crippen LogP contribution in [0.15, 0.2) is 0 Å². The van der Waals surface area contributed by atoms with Crippen molar-refractivity contribution in [2.75, 3.05) is 0 Å². The van der Waals surface area contributed by atoms with E-state index in [-0.39, 0.29) is 46.6 Å². The van der Waals surface area contributed by atoms with E-state index >= 15 is 0 Å². The van der Waals surface area contributed by atoms with E-state index in [1.165, 1.54) is 0 Å². The van der Waals surface area contributed by atoms with Crippen molar-refractivity contribution < 1.29 is 19.8 Å². The first kappa shape index (κ1) is 12.5. The van der Waals surface area contributed by atoms with Crippen LogP contribution in [0.4, 0.5) is 0 Å². The first-order valence-corrected chi connectivity index (χ1v) is 2.56. The van der Waals surface area contributed by atoms with Gasteiger partial charge in [-0.3, -0.25) is 9.59 Å². The van der Waals surface area contributed by atoms with Crippen LogP contribution in [0.1, 0.15) is 19.3 Å². The Hall–Kier alpha value is -0.138. The smallest absolute Gasteiger partial charge is 0.303 e. The summed E-state index contributed by atoms with van der Waals surface area (Å²) in [7, 11) is 0. The molecule has 1 radical (unpaired) electrons. The van der Waals surface area contributed by atoms with Crippen molar-refractivity contribution in [3.63, 3.8) is 0 Å². The van der Waals surface area contributed by atoms with Gasteiger partial charge in [0.25, 0.3) is 0 Å². The van der Waals surface area contributed by atoms with Gasteiger partial charge in [-0.2, -0.15) is 0 Å². The molecular formula is C5H8O4Tl. The van der Waals surface area contributed by atoms with Crippen LogP contribution >= 0.6 is 0 Å². The van der Waals surface area contributed by atoms with Gasteiger partial charge >= 0.3 is 11.9 Å². The third-order valence-corrected chi connectivity index (χ3v) is 0.781. The Bertz CT molecular complexity index is 109. The largest absolute Gasteiger partial charge is 0.481 e. The second-order valence-electron chi connectivity index (χ2n) is 1.64. The van der Waals surface area contributed by atoms with Crippen molar-refractivity contribution in [1.29, 1.82) is 0 Å². The average Bonchev–Trinajstić information content (AvgIpc) is 1.63. The Balaban J connectivity index is 0. The number of aliphatic carboxylic acids is 2. The molecule has 0 fully saturated rings. The number of hydrogen-bond acceptors (Lipinski definition) is 2. The molecule has 0 aliphatic carbocycles. The molecule has 0 saturated carbocycles. The molecule has 0 aromatic heterocycles. The summed E-state index contributed by atoms with van der Waals surface area (Å²) in [4.78, 5) is 19.6. The van der Waals surface area contributed by atoms with Gasteiger partial charge in [-0.25, -0.2) is 0 Å². The van der Waals surface area contributed by atoms with Crippen LogP contribution < -0.4 is 0 Å². The van der Waals surface area contributed by atoms with Crippen LogP contribution in [0.3, 0.4) is 0 Å². The molecule has 4 nitrogen and oxygen atoms in total. The van der Waals surface area contributed by atoms with E-state index in [4.69, 9.17) is 10.2 Å². The molecule has 0 spiro atoms. The minimum Gasteiger partial charge on any atom is -0.481 e. The monoisotopic (exact) mass is 337 g/mol. The molecule has 0 unspecified atom stereocenters. The zero-order valence-corrected chi connectivity index (χ0v) is 9.90. The zero-order valence-electron chi connectivity index (χ0n) is 5.41. The molecule has 0 heterocycles. The Morgan fingerprint density at radius 1 is 1.00 bits per heavy atom. The van der Waals surface area contributed by atoms with Crippen LogP contribution in [-0.4, -0.2) is 49.5 Å². The number of hydrogen-bond donors (Lipinski definition) is 2. The van der Waals surface area contributed by atoms with E-state index in [0.717, 1.165) is 0 Å². The van der Waals surface area contributed by atoms with Gasteiger partial charge in [-0.1, -0.05) is 0 Å². The fourth-order valence-corrected chi connectivity index (χ4v) is 0.391. The standard InChI is InChI=1S/C5H8O4.Tl/c6-4(7)2-1-3-5(8)9;/h1-3H2,(H,6,7)(H,8,9);. The molecule has 0 aromatic rings. The van der Waals surface area contributed by atoms with Crippen molar-refractivity contribution in [2.45, 2.75) is 19.3 Å². The van der Waals surface area contributed by atoms with Gasteiger partial charge in [-0.15, -0.1) is 0 Å². The molecule has 0 bridgehead atoms. The molecule has 0 aliphatic heterocycles. The molecule has 2 N–H and O–H groups in total. The Morgan fingerprint density at radius 3 is 1.50 bits per heavy atom. The van der Waals surface area contributed by atoms with E-state index in [1.54, 1.807) is 0 Å². The molecule has 0 amide bonds. The molecule has 0 atom stereocenters. The van der Waals surface area contributed by atoms with Gasteiger partial charge in [0.1, 0.15) is 0 Å². The topological polar surface area (TPSA) is 74.6 Å². The van der Waals surface area contributed by atoms with Gasteiger partial charge in [0, 0.05) is 40.1 Å². The molecule has 5 heteroatoms. The van der Waals surface area contributed by atoms with Crippen molar-refractivity contribution in [2.24, 2.45) is 0 Å². The maximum absolute atomic E-state index is 9.79. The Morgan fingerprint density at radius 2 is 1.30 bits per heavy atom. The third kappa shape index (κ3) is 10.8. The summed E-state index contributed by atoms with van der Waals surface area (Å²) in [6.45, 7) is 0. The molecule has 55 valence electrons. The van der Waals surface area contributed by atoms with Crippen LogP contribution in [0, 0.1) is 0 Å². The van der Waals surface area contributed by atoms with E-state index in [1.807, 2.05) is 0 Å². The molecule has 10 heavy (non-hydrogen) atoms. The second-order valence-corrected chi connectivity index (χ2v) is 1.64. The van der Waals surface area contributed by atoms with Crippen molar-refractivity contribution in [1.82, 2.24) is 0 Å². The van der Waals surface area contributed by atoms with Crippen molar-refractivity contribution in [3.05, 3.63) is 0 Å². The van der Waals surface area contributed by atoms with Crippen LogP contribution in [0.5, 0.6) is 0 Å². The van der Waals surface area contributed by atoms with Crippen LogP contribution in [0.25, 0.3) is 0 Å². The second kappa shape index (κ2) is 6.97. The maximum atomic E-state index is 9.79. The van der Waals surface area contributed by atoms with E-state index in [2.05, 4.69) is 0 Å². The fourth-order valence-electron chi connectivity index (χ4n) is 0.391. The quantitative estimate of drug-likeness (QED) is 0.706. The van der Waals surface area contributed by atoms with E-state index in [9.17, 15) is 9.59 Å². The van der Waals surface area contributed by atoms with Gasteiger partial charge in [0.05, 0.1) is 0 Å². The van der Waals surface area contributed by atoms with Crippen LogP contribution in [-0.2, 0) is 9.59 Å². The van der Waals surface area contributed by atoms with E-state index in [0.29, 0.717) is 0 Å². The van der Waals surface area contributed by atoms with Gasteiger partial charge in [0.2, 0.25) is 0 Å². The minimum atomic E-state index is -0.948. The number of carboxylic acid groups (broad SMARTS) is 2. The zero-order chi connectivity index (χ0) is 7.28. The Kier molecular flexibility index (Phi) is 8.74. The summed E-state index contributed by atoms with van der Waals surface area (Å²) < 4.78 is 0. The van der Waals surface area contributed by atoms with Gasteiger partial charge in [-0.05, 0) is 6.42 Å². The summed E-state index contributed by atoms with van der Waals surface area (Å²) in [5.74, 6) is -1.90. The first-order chi connectivity index (χ1) is 4.13. The summed E-state index contributed by atoms with van der Waals surface area (Å²) in [6.07, 6.45) is 0.0866. The van der Waals surface area contributed by atoms with E-state index < -0.39 is 11.9 Å². The molecule has 0 saturated heterocycles. The summed E-state index contributed by atoms with van der Waals surface area (Å²) in [6, 6.07) is 0. The predicted molar refractivity (Wildman–Crippen MR) is 34.9 cm³/mol. The molecule has 0 rings (SSSR count). The summed E-state index contributed by atoms with van der Waals surface area (Å²) in [5.41, 5.74) is 0. The van der Waals surface area contributed by atoms with Crippen molar-refractivity contribution >= 4 is 39.2 Å². The number of rotatable bonds is 4. The summed E-state index contributed by atoms with van der Waals surface area (Å²) in [5, 5.41) is 16.1. The maximum Gasteiger partial charge on any atom is 0.303 e. The molecule has 0 aliphatic rings. The van der Waals surface area contributed by atoms with Crippen LogP contribution in [0.2, 0.25) is 0 Å². The SMILES string of the molecule is O=C(O)CCCC(=O)O.[Tl]. The first-order valence-electron chi connectivity index (χ1n) is 2.56. The van der Waals surface area contributed by atoms with Gasteiger partial charge < -0.3 is 10.2 Å². The minimum absolute atomic E-state index is 0. The predicted octanol–water partition coefficient (Wildman–Crippen LogP) is -0.0549. The van der Waals surface area contributed by atoms with Gasteiger partial charge in [0.15, 0.2) is 0 Å². The average molecular weight is 336 g/mol. The fraction of sp³-hybridized carbons (Fsp3) is 0.600. The number of carbonyl (C=O) groups is 2. The summed E-state index contributed by atoms with van der Waals surface area (Å²) >= 11 is 0. The Labute approximate surface area is 78.4 Å². The number of carboxylic acids is 2. The molecular weight excluding hydrogens is 328 g/mol.